The first kappa shape index (κ1) is 13.2. The maximum absolute atomic E-state index is 5.83. The second kappa shape index (κ2) is 5.67. The first-order chi connectivity index (χ1) is 9.74. The summed E-state index contributed by atoms with van der Waals surface area (Å²) in [5, 5.41) is 1.17. The molecule has 0 radical (unpaired) electrons. The Bertz CT molecular complexity index is 590. The molecule has 1 aliphatic heterocycles. The molecule has 3 rings (SSSR count). The van der Waals surface area contributed by atoms with E-state index >= 15 is 0 Å². The van der Waals surface area contributed by atoms with Gasteiger partial charge in [-0.3, -0.25) is 4.98 Å². The monoisotopic (exact) mass is 270 g/mol. The third-order valence-electron chi connectivity index (χ3n) is 4.11. The van der Waals surface area contributed by atoms with Crippen LogP contribution >= 0.6 is 0 Å². The minimum absolute atomic E-state index is 0.766. The first-order valence-electron chi connectivity index (χ1n) is 7.32. The van der Waals surface area contributed by atoms with E-state index in [4.69, 9.17) is 5.73 Å². The minimum Gasteiger partial charge on any atom is -0.399 e. The lowest BCUT2D eigenvalue weighted by molar-refractivity contribution is 0.347. The zero-order chi connectivity index (χ0) is 13.9. The summed E-state index contributed by atoms with van der Waals surface area (Å²) in [7, 11) is 2.15. The second-order valence-corrected chi connectivity index (χ2v) is 5.58. The first-order valence-corrected chi connectivity index (χ1v) is 7.32. The van der Waals surface area contributed by atoms with Crippen LogP contribution in [0.15, 0.2) is 30.5 Å². The van der Waals surface area contributed by atoms with Crippen molar-refractivity contribution in [2.75, 3.05) is 43.9 Å². The van der Waals surface area contributed by atoms with Crippen molar-refractivity contribution in [3.63, 3.8) is 0 Å². The van der Waals surface area contributed by atoms with Gasteiger partial charge in [0.1, 0.15) is 0 Å². The Hall–Kier alpha value is -1.81. The summed E-state index contributed by atoms with van der Waals surface area (Å²) in [5.74, 6) is 0. The van der Waals surface area contributed by atoms with Crippen molar-refractivity contribution in [2.24, 2.45) is 0 Å². The summed E-state index contributed by atoms with van der Waals surface area (Å²) in [4.78, 5) is 9.26. The summed E-state index contributed by atoms with van der Waals surface area (Å²) < 4.78 is 0. The van der Waals surface area contributed by atoms with E-state index in [1.54, 1.807) is 0 Å². The van der Waals surface area contributed by atoms with Crippen molar-refractivity contribution < 1.29 is 0 Å². The quantitative estimate of drug-likeness (QED) is 0.866. The van der Waals surface area contributed by atoms with Crippen LogP contribution < -0.4 is 10.6 Å². The predicted molar refractivity (Wildman–Crippen MR) is 85.1 cm³/mol. The molecule has 1 saturated heterocycles. The summed E-state index contributed by atoms with van der Waals surface area (Å²) in [5.41, 5.74) is 8.80. The van der Waals surface area contributed by atoms with Gasteiger partial charge in [0.25, 0.3) is 0 Å². The number of hydrogen-bond donors (Lipinski definition) is 1. The number of fused-ring (bicyclic) bond motifs is 1. The Morgan fingerprint density at radius 2 is 2.05 bits per heavy atom. The molecule has 1 aliphatic rings. The number of pyridine rings is 1. The smallest absolute Gasteiger partial charge is 0.0743 e. The van der Waals surface area contributed by atoms with E-state index < -0.39 is 0 Å². The molecule has 0 amide bonds. The zero-order valence-corrected chi connectivity index (χ0v) is 12.0. The maximum atomic E-state index is 5.83. The van der Waals surface area contributed by atoms with Gasteiger partial charge in [-0.2, -0.15) is 0 Å². The summed E-state index contributed by atoms with van der Waals surface area (Å²) >= 11 is 0. The van der Waals surface area contributed by atoms with Crippen LogP contribution in [0.25, 0.3) is 10.9 Å². The number of anilines is 2. The van der Waals surface area contributed by atoms with Gasteiger partial charge >= 0.3 is 0 Å². The average molecular weight is 270 g/mol. The summed E-state index contributed by atoms with van der Waals surface area (Å²) in [6, 6.07) is 8.04. The van der Waals surface area contributed by atoms with Crippen molar-refractivity contribution in [1.29, 1.82) is 0 Å². The molecule has 2 N–H and O–H groups in total. The molecule has 20 heavy (non-hydrogen) atoms. The third-order valence-corrected chi connectivity index (χ3v) is 4.11. The van der Waals surface area contributed by atoms with Gasteiger partial charge in [-0.1, -0.05) is 0 Å². The van der Waals surface area contributed by atoms with E-state index in [0.717, 1.165) is 24.3 Å². The highest BCUT2D eigenvalue weighted by Crippen LogP contribution is 2.25. The van der Waals surface area contributed by atoms with Crippen LogP contribution in [0.3, 0.4) is 0 Å². The number of nitrogens with zero attached hydrogens (tertiary/aromatic N) is 3. The number of nitrogens with two attached hydrogens (primary N) is 1. The number of hydrogen-bond acceptors (Lipinski definition) is 4. The topological polar surface area (TPSA) is 45.4 Å². The van der Waals surface area contributed by atoms with E-state index in [1.165, 1.54) is 37.0 Å². The minimum atomic E-state index is 0.766. The molecule has 0 atom stereocenters. The lowest BCUT2D eigenvalue weighted by atomic mass is 10.1. The molecule has 0 aliphatic carbocycles. The maximum Gasteiger partial charge on any atom is 0.0743 e. The van der Waals surface area contributed by atoms with Crippen molar-refractivity contribution in [2.45, 2.75) is 12.8 Å². The Morgan fingerprint density at radius 1 is 1.25 bits per heavy atom. The van der Waals surface area contributed by atoms with Crippen LogP contribution in [0.1, 0.15) is 12.8 Å². The van der Waals surface area contributed by atoms with E-state index in [1.807, 2.05) is 18.3 Å². The standard InChI is InChI=1S/C16H22N4/c1-19(10-11-20-8-2-3-9-20)16-6-7-18-15-12-13(17)4-5-14(15)16/h4-7,12H,2-3,8-11,17H2,1H3. The molecule has 2 aromatic rings. The Kier molecular flexibility index (Phi) is 3.74. The molecule has 0 unspecified atom stereocenters. The SMILES string of the molecule is CN(CCN1CCCC1)c1ccnc2cc(N)ccc12. The Morgan fingerprint density at radius 3 is 2.85 bits per heavy atom. The predicted octanol–water partition coefficient (Wildman–Crippen LogP) is 2.35. The lowest BCUT2D eigenvalue weighted by Crippen LogP contribution is -2.31. The fourth-order valence-electron chi connectivity index (χ4n) is 2.90. The van der Waals surface area contributed by atoms with Crippen LogP contribution in [0, 0.1) is 0 Å². The molecule has 0 bridgehead atoms. The molecule has 1 aromatic carbocycles. The van der Waals surface area contributed by atoms with Crippen molar-refractivity contribution in [1.82, 2.24) is 9.88 Å². The molecule has 106 valence electrons. The number of benzene rings is 1. The summed E-state index contributed by atoms with van der Waals surface area (Å²) in [6.07, 6.45) is 4.56. The van der Waals surface area contributed by atoms with Gasteiger partial charge in [-0.05, 0) is 50.2 Å². The molecular weight excluding hydrogens is 248 g/mol. The van der Waals surface area contributed by atoms with Crippen molar-refractivity contribution in [3.05, 3.63) is 30.5 Å². The molecule has 4 nitrogen and oxygen atoms in total. The van der Waals surface area contributed by atoms with Gasteiger partial charge in [-0.25, -0.2) is 0 Å². The van der Waals surface area contributed by atoms with Crippen molar-refractivity contribution >= 4 is 22.3 Å². The fourth-order valence-corrected chi connectivity index (χ4v) is 2.90. The van der Waals surface area contributed by atoms with Crippen LogP contribution in [0.2, 0.25) is 0 Å². The normalized spacial score (nSPS) is 15.8. The lowest BCUT2D eigenvalue weighted by Gasteiger charge is -2.24. The number of aromatic nitrogens is 1. The van der Waals surface area contributed by atoms with Gasteiger partial charge in [0.05, 0.1) is 5.52 Å². The Labute approximate surface area is 120 Å². The van der Waals surface area contributed by atoms with Gasteiger partial charge in [0.2, 0.25) is 0 Å². The van der Waals surface area contributed by atoms with E-state index in [2.05, 4.69) is 34.0 Å². The molecule has 2 heterocycles. The molecule has 0 spiro atoms. The number of rotatable bonds is 4. The molecular formula is C16H22N4. The highest BCUT2D eigenvalue weighted by molar-refractivity contribution is 5.93. The van der Waals surface area contributed by atoms with Crippen LogP contribution in [-0.4, -0.2) is 43.1 Å². The molecule has 4 heteroatoms. The van der Waals surface area contributed by atoms with Crippen LogP contribution in [0.4, 0.5) is 11.4 Å². The van der Waals surface area contributed by atoms with Gasteiger partial charge in [0, 0.05) is 43.1 Å². The zero-order valence-electron chi connectivity index (χ0n) is 12.0. The van der Waals surface area contributed by atoms with Gasteiger partial charge in [0.15, 0.2) is 0 Å². The molecule has 1 aromatic heterocycles. The van der Waals surface area contributed by atoms with Gasteiger partial charge in [-0.15, -0.1) is 0 Å². The second-order valence-electron chi connectivity index (χ2n) is 5.58. The highest BCUT2D eigenvalue weighted by atomic mass is 15.2. The van der Waals surface area contributed by atoms with Crippen molar-refractivity contribution in [3.8, 4) is 0 Å². The van der Waals surface area contributed by atoms with Crippen LogP contribution in [-0.2, 0) is 0 Å². The summed E-state index contributed by atoms with van der Waals surface area (Å²) in [6.45, 7) is 4.68. The molecule has 0 saturated carbocycles. The number of likely N-dealkylation sites (tertiary alicyclic amines) is 1. The van der Waals surface area contributed by atoms with E-state index in [-0.39, 0.29) is 0 Å². The Balaban J connectivity index is 1.78. The fraction of sp³-hybridized carbons (Fsp3) is 0.438. The highest BCUT2D eigenvalue weighted by Gasteiger charge is 2.13. The van der Waals surface area contributed by atoms with Crippen LogP contribution in [0.5, 0.6) is 0 Å². The van der Waals surface area contributed by atoms with E-state index in [9.17, 15) is 0 Å². The largest absolute Gasteiger partial charge is 0.399 e. The third kappa shape index (κ3) is 2.70. The van der Waals surface area contributed by atoms with Gasteiger partial charge < -0.3 is 15.5 Å². The average Bonchev–Trinajstić information content (AvgIpc) is 2.97. The number of nitrogen functional groups attached to an aromatic ring is 1. The number of likely N-dealkylation sites (N-methyl/N-ethyl adjacent to an activating group) is 1. The molecule has 1 fully saturated rings. The van der Waals surface area contributed by atoms with E-state index in [0.29, 0.717) is 0 Å².